The number of carbonyl (C=O) groups excluding carboxylic acids is 3. The van der Waals surface area contributed by atoms with Crippen LogP contribution in [0.2, 0.25) is 5.02 Å². The Balaban J connectivity index is 1.49. The van der Waals surface area contributed by atoms with E-state index in [2.05, 4.69) is 5.32 Å². The van der Waals surface area contributed by atoms with Crippen molar-refractivity contribution in [3.63, 3.8) is 0 Å². The molecule has 9 nitrogen and oxygen atoms in total. The van der Waals surface area contributed by atoms with Gasteiger partial charge in [0.1, 0.15) is 17.9 Å². The van der Waals surface area contributed by atoms with Gasteiger partial charge in [-0.2, -0.15) is 0 Å². The lowest BCUT2D eigenvalue weighted by Crippen LogP contribution is -2.54. The fourth-order valence-corrected chi connectivity index (χ4v) is 3.50. The van der Waals surface area contributed by atoms with Crippen LogP contribution in [0.4, 0.5) is 16.2 Å². The van der Waals surface area contributed by atoms with E-state index < -0.39 is 22.8 Å². The average molecular weight is 492 g/mol. The number of hydrogen-bond donors (Lipinski definition) is 1. The van der Waals surface area contributed by atoms with Crippen LogP contribution in [0, 0.1) is 17.0 Å². The number of hydrogen-bond acceptors (Lipinski definition) is 6. The van der Waals surface area contributed by atoms with Crippen LogP contribution in [-0.2, 0) is 16.2 Å². The van der Waals surface area contributed by atoms with Crippen LogP contribution in [0.15, 0.2) is 72.3 Å². The normalized spacial score (nSPS) is 14.7. The number of nitrogens with zero attached hydrogens (tertiary/aromatic N) is 2. The third-order valence-corrected chi connectivity index (χ3v) is 5.67. The highest BCUT2D eigenvalue weighted by molar-refractivity contribution is 6.39. The second-order valence-corrected chi connectivity index (χ2v) is 8.08. The molecule has 0 aliphatic carbocycles. The number of nitrogens with one attached hydrogen (secondary N) is 1. The quantitative estimate of drug-likeness (QED) is 0.229. The molecular weight excluding hydrogens is 474 g/mol. The van der Waals surface area contributed by atoms with E-state index in [1.54, 1.807) is 55.5 Å². The first-order valence-corrected chi connectivity index (χ1v) is 10.7. The highest BCUT2D eigenvalue weighted by atomic mass is 35.5. The van der Waals surface area contributed by atoms with Gasteiger partial charge in [0.15, 0.2) is 0 Å². The lowest BCUT2D eigenvalue weighted by atomic mass is 10.1. The third kappa shape index (κ3) is 5.20. The molecule has 0 saturated carbocycles. The molecule has 0 aromatic heterocycles. The zero-order chi connectivity index (χ0) is 25.1. The van der Waals surface area contributed by atoms with E-state index in [0.717, 1.165) is 16.0 Å². The van der Waals surface area contributed by atoms with Crippen LogP contribution in [0.25, 0.3) is 6.08 Å². The molecule has 3 aromatic carbocycles. The maximum Gasteiger partial charge on any atom is 0.335 e. The van der Waals surface area contributed by atoms with Crippen molar-refractivity contribution in [3.8, 4) is 5.75 Å². The van der Waals surface area contributed by atoms with Gasteiger partial charge in [0, 0.05) is 17.2 Å². The summed E-state index contributed by atoms with van der Waals surface area (Å²) in [5, 5.41) is 13.3. The van der Waals surface area contributed by atoms with Crippen LogP contribution < -0.4 is 15.0 Å². The van der Waals surface area contributed by atoms with E-state index >= 15 is 0 Å². The molecule has 1 aliphatic rings. The highest BCUT2D eigenvalue weighted by Gasteiger charge is 2.36. The van der Waals surface area contributed by atoms with Gasteiger partial charge in [-0.25, -0.2) is 9.69 Å². The number of benzene rings is 3. The summed E-state index contributed by atoms with van der Waals surface area (Å²) in [6.45, 7) is 1.99. The number of halogens is 1. The minimum absolute atomic E-state index is 0.00169. The minimum Gasteiger partial charge on any atom is -0.489 e. The molecule has 1 saturated heterocycles. The first kappa shape index (κ1) is 23.7. The second-order valence-electron chi connectivity index (χ2n) is 7.67. The molecule has 1 fully saturated rings. The summed E-state index contributed by atoms with van der Waals surface area (Å²) in [6.07, 6.45) is 1.38. The molecule has 1 heterocycles. The molecule has 4 rings (SSSR count). The number of carbonyl (C=O) groups is 3. The number of amides is 4. The molecule has 0 bridgehead atoms. The lowest BCUT2D eigenvalue weighted by molar-refractivity contribution is -0.384. The second kappa shape index (κ2) is 9.78. The Kier molecular flexibility index (Phi) is 6.61. The first-order valence-electron chi connectivity index (χ1n) is 10.4. The van der Waals surface area contributed by atoms with Crippen LogP contribution in [0.5, 0.6) is 5.75 Å². The molecule has 0 unspecified atom stereocenters. The zero-order valence-corrected chi connectivity index (χ0v) is 19.1. The molecule has 0 radical (unpaired) electrons. The molecular formula is C25H18ClN3O6. The topological polar surface area (TPSA) is 119 Å². The predicted molar refractivity (Wildman–Crippen MR) is 129 cm³/mol. The van der Waals surface area contributed by atoms with Crippen molar-refractivity contribution in [2.24, 2.45) is 0 Å². The van der Waals surface area contributed by atoms with Gasteiger partial charge in [-0.15, -0.1) is 0 Å². The maximum absolute atomic E-state index is 13.0. The summed E-state index contributed by atoms with van der Waals surface area (Å²) in [7, 11) is 0. The summed E-state index contributed by atoms with van der Waals surface area (Å²) in [4.78, 5) is 48.9. The number of barbiturate groups is 1. The van der Waals surface area contributed by atoms with Crippen molar-refractivity contribution in [2.75, 3.05) is 4.90 Å². The molecule has 35 heavy (non-hydrogen) atoms. The van der Waals surface area contributed by atoms with Crippen molar-refractivity contribution in [1.29, 1.82) is 0 Å². The predicted octanol–water partition coefficient (Wildman–Crippen LogP) is 4.80. The van der Waals surface area contributed by atoms with Crippen LogP contribution in [0.3, 0.4) is 0 Å². The summed E-state index contributed by atoms with van der Waals surface area (Å²) in [5.74, 6) is -1.04. The van der Waals surface area contributed by atoms with Gasteiger partial charge in [-0.05, 0) is 66.1 Å². The van der Waals surface area contributed by atoms with Crippen LogP contribution in [0.1, 0.15) is 16.7 Å². The number of ether oxygens (including phenoxy) is 1. The van der Waals surface area contributed by atoms with E-state index in [1.807, 2.05) is 0 Å². The Morgan fingerprint density at radius 3 is 2.34 bits per heavy atom. The van der Waals surface area contributed by atoms with Crippen molar-refractivity contribution in [2.45, 2.75) is 13.5 Å². The monoisotopic (exact) mass is 491 g/mol. The smallest absolute Gasteiger partial charge is 0.335 e. The number of imide groups is 2. The van der Waals surface area contributed by atoms with Crippen molar-refractivity contribution < 1.29 is 24.0 Å². The van der Waals surface area contributed by atoms with E-state index in [0.29, 0.717) is 16.3 Å². The molecule has 1 aliphatic heterocycles. The fraction of sp³-hybridized carbons (Fsp3) is 0.0800. The Bertz CT molecular complexity index is 1370. The van der Waals surface area contributed by atoms with Crippen LogP contribution >= 0.6 is 11.6 Å². The summed E-state index contributed by atoms with van der Waals surface area (Å²) in [5.41, 5.74) is 2.12. The van der Waals surface area contributed by atoms with E-state index in [9.17, 15) is 24.5 Å². The van der Waals surface area contributed by atoms with Gasteiger partial charge in [-0.3, -0.25) is 25.0 Å². The number of non-ortho nitro benzene ring substituents is 1. The lowest BCUT2D eigenvalue weighted by Gasteiger charge is -2.26. The molecule has 1 N–H and O–H groups in total. The molecule has 10 heteroatoms. The Labute approximate surface area is 204 Å². The van der Waals surface area contributed by atoms with Gasteiger partial charge in [-0.1, -0.05) is 29.8 Å². The van der Waals surface area contributed by atoms with E-state index in [4.69, 9.17) is 16.3 Å². The van der Waals surface area contributed by atoms with Gasteiger partial charge in [0.2, 0.25) is 0 Å². The van der Waals surface area contributed by atoms with Crippen LogP contribution in [-0.4, -0.2) is 22.8 Å². The largest absolute Gasteiger partial charge is 0.489 e. The van der Waals surface area contributed by atoms with Gasteiger partial charge in [0.05, 0.1) is 10.6 Å². The zero-order valence-electron chi connectivity index (χ0n) is 18.4. The maximum atomic E-state index is 13.0. The first-order chi connectivity index (χ1) is 16.7. The number of anilines is 1. The number of rotatable bonds is 6. The Morgan fingerprint density at radius 2 is 1.71 bits per heavy atom. The van der Waals surface area contributed by atoms with Crippen molar-refractivity contribution in [3.05, 3.63) is 104 Å². The number of urea groups is 1. The fourth-order valence-electron chi connectivity index (χ4n) is 3.32. The SMILES string of the molecule is Cc1ccc(N2C(=O)NC(=O)/C(=C/c3ccc(OCc4ccc([N+](=O)[O-])cc4)cc3)C2=O)cc1Cl. The summed E-state index contributed by atoms with van der Waals surface area (Å²) < 4.78 is 5.69. The average Bonchev–Trinajstić information content (AvgIpc) is 2.83. The standard InChI is InChI=1S/C25H18ClN3O6/c1-15-2-7-19(13-22(15)26)28-24(31)21(23(30)27-25(28)32)12-16-5-10-20(11-6-16)35-14-17-3-8-18(9-4-17)29(33)34/h2-13H,14H2,1H3,(H,27,30,32)/b21-12-. The van der Waals surface area contributed by atoms with Gasteiger partial charge >= 0.3 is 6.03 Å². The Morgan fingerprint density at radius 1 is 1.03 bits per heavy atom. The minimum atomic E-state index is -0.855. The number of nitro benzene ring substituents is 1. The molecule has 3 aromatic rings. The van der Waals surface area contributed by atoms with Crippen molar-refractivity contribution >= 4 is 46.9 Å². The number of aryl methyl sites for hydroxylation is 1. The van der Waals surface area contributed by atoms with Crippen molar-refractivity contribution in [1.82, 2.24) is 5.32 Å². The summed E-state index contributed by atoms with van der Waals surface area (Å²) >= 11 is 6.13. The highest BCUT2D eigenvalue weighted by Crippen LogP contribution is 2.27. The third-order valence-electron chi connectivity index (χ3n) is 5.26. The summed E-state index contributed by atoms with van der Waals surface area (Å²) in [6, 6.07) is 16.5. The molecule has 176 valence electrons. The number of nitro groups is 1. The van der Waals surface area contributed by atoms with E-state index in [-0.39, 0.29) is 23.6 Å². The van der Waals surface area contributed by atoms with Gasteiger partial charge < -0.3 is 4.74 Å². The molecule has 0 atom stereocenters. The molecule has 4 amide bonds. The Hall–Kier alpha value is -4.50. The van der Waals surface area contributed by atoms with Gasteiger partial charge in [0.25, 0.3) is 17.5 Å². The molecule has 0 spiro atoms. The van der Waals surface area contributed by atoms with E-state index in [1.165, 1.54) is 24.3 Å².